The van der Waals surface area contributed by atoms with E-state index in [1.165, 1.54) is 0 Å². The maximum absolute atomic E-state index is 12.4. The molecule has 2 rings (SSSR count). The quantitative estimate of drug-likeness (QED) is 0.838. The van der Waals surface area contributed by atoms with Crippen molar-refractivity contribution in [1.82, 2.24) is 0 Å². The number of hydrogen-bond acceptors (Lipinski definition) is 4. The van der Waals surface area contributed by atoms with Crippen LogP contribution in [0.2, 0.25) is 0 Å². The monoisotopic (exact) mass is 283 g/mol. The molecular formula is C12H13NO5S. The van der Waals surface area contributed by atoms with E-state index in [0.29, 0.717) is 11.1 Å². The highest BCUT2D eigenvalue weighted by molar-refractivity contribution is 7.93. The smallest absolute Gasteiger partial charge is 0.305 e. The number of carboxylic acids is 1. The Morgan fingerprint density at radius 2 is 1.89 bits per heavy atom. The zero-order valence-corrected chi connectivity index (χ0v) is 11.2. The van der Waals surface area contributed by atoms with Gasteiger partial charge in [0, 0.05) is 0 Å². The molecule has 0 radical (unpaired) electrons. The summed E-state index contributed by atoms with van der Waals surface area (Å²) in [5.74, 6) is -2.11. The first-order valence-electron chi connectivity index (χ1n) is 5.62. The molecule has 1 aliphatic heterocycles. The van der Waals surface area contributed by atoms with E-state index in [-0.39, 0.29) is 10.6 Å². The molecule has 19 heavy (non-hydrogen) atoms. The van der Waals surface area contributed by atoms with E-state index in [0.717, 1.165) is 0 Å². The van der Waals surface area contributed by atoms with Crippen LogP contribution in [0.5, 0.6) is 0 Å². The molecule has 1 heterocycles. The van der Waals surface area contributed by atoms with Crippen LogP contribution in [0, 0.1) is 13.8 Å². The van der Waals surface area contributed by atoms with Gasteiger partial charge in [-0.3, -0.25) is 9.59 Å². The number of carboxylic acid groups (broad SMARTS) is 1. The predicted molar refractivity (Wildman–Crippen MR) is 67.8 cm³/mol. The average Bonchev–Trinajstić information content (AvgIpc) is 2.28. The van der Waals surface area contributed by atoms with Crippen molar-refractivity contribution in [3.63, 3.8) is 0 Å². The number of anilines is 1. The summed E-state index contributed by atoms with van der Waals surface area (Å²) in [5.41, 5.74) is 1.38. The van der Waals surface area contributed by atoms with Gasteiger partial charge < -0.3 is 10.4 Å². The lowest BCUT2D eigenvalue weighted by Crippen LogP contribution is -2.41. The molecular weight excluding hydrogens is 270 g/mol. The van der Waals surface area contributed by atoms with E-state index in [1.54, 1.807) is 26.0 Å². The molecule has 102 valence electrons. The number of rotatable bonds is 2. The first-order chi connectivity index (χ1) is 8.75. The minimum atomic E-state index is -3.97. The number of nitrogens with one attached hydrogen (secondary N) is 1. The van der Waals surface area contributed by atoms with Gasteiger partial charge in [0.2, 0.25) is 5.91 Å². The first kappa shape index (κ1) is 13.5. The van der Waals surface area contributed by atoms with Gasteiger partial charge in [0.05, 0.1) is 17.0 Å². The Labute approximate surface area is 110 Å². The molecule has 1 aromatic rings. The second-order valence-corrected chi connectivity index (χ2v) is 6.59. The molecule has 1 unspecified atom stereocenters. The standard InChI is InChI=1S/C12H13NO5S/c1-6-3-4-7(2)11-10(6)13-12(16)8(5-9(14)15)19(11,17)18/h3-4,8H,5H2,1-2H3,(H,13,16)(H,14,15). The molecule has 0 saturated carbocycles. The maximum Gasteiger partial charge on any atom is 0.305 e. The fourth-order valence-corrected chi connectivity index (χ4v) is 4.16. The molecule has 1 aromatic carbocycles. The molecule has 1 amide bonds. The number of hydrogen-bond donors (Lipinski definition) is 2. The highest BCUT2D eigenvalue weighted by Crippen LogP contribution is 2.36. The van der Waals surface area contributed by atoms with Gasteiger partial charge in [0.1, 0.15) is 0 Å². The molecule has 0 aromatic heterocycles. The van der Waals surface area contributed by atoms with Gasteiger partial charge in [-0.15, -0.1) is 0 Å². The lowest BCUT2D eigenvalue weighted by atomic mass is 10.1. The highest BCUT2D eigenvalue weighted by Gasteiger charge is 2.42. The van der Waals surface area contributed by atoms with Gasteiger partial charge in [0.25, 0.3) is 0 Å². The molecule has 0 bridgehead atoms. The lowest BCUT2D eigenvalue weighted by Gasteiger charge is -2.26. The average molecular weight is 283 g/mol. The molecule has 0 spiro atoms. The molecule has 0 saturated heterocycles. The maximum atomic E-state index is 12.4. The molecule has 7 heteroatoms. The Balaban J connectivity index is 2.69. The Morgan fingerprint density at radius 1 is 1.32 bits per heavy atom. The largest absolute Gasteiger partial charge is 0.481 e. The zero-order chi connectivity index (χ0) is 14.4. The number of aliphatic carboxylic acids is 1. The van der Waals surface area contributed by atoms with Gasteiger partial charge >= 0.3 is 5.97 Å². The van der Waals surface area contributed by atoms with E-state index < -0.39 is 33.4 Å². The normalized spacial score (nSPS) is 20.5. The van der Waals surface area contributed by atoms with Crippen molar-refractivity contribution in [2.45, 2.75) is 30.4 Å². The molecule has 2 N–H and O–H groups in total. The fourth-order valence-electron chi connectivity index (χ4n) is 2.16. The van der Waals surface area contributed by atoms with E-state index >= 15 is 0 Å². The van der Waals surface area contributed by atoms with Crippen LogP contribution in [0.3, 0.4) is 0 Å². The highest BCUT2D eigenvalue weighted by atomic mass is 32.2. The second kappa shape index (κ2) is 4.34. The minimum absolute atomic E-state index is 0.0263. The van der Waals surface area contributed by atoms with Crippen molar-refractivity contribution >= 4 is 27.4 Å². The van der Waals surface area contributed by atoms with Crippen LogP contribution in [-0.4, -0.2) is 30.7 Å². The summed E-state index contributed by atoms with van der Waals surface area (Å²) >= 11 is 0. The Kier molecular flexibility index (Phi) is 3.09. The van der Waals surface area contributed by atoms with Crippen LogP contribution >= 0.6 is 0 Å². The van der Waals surface area contributed by atoms with Crippen molar-refractivity contribution < 1.29 is 23.1 Å². The van der Waals surface area contributed by atoms with Gasteiger partial charge in [-0.1, -0.05) is 12.1 Å². The fraction of sp³-hybridized carbons (Fsp3) is 0.333. The van der Waals surface area contributed by atoms with Crippen molar-refractivity contribution in [2.24, 2.45) is 0 Å². The van der Waals surface area contributed by atoms with E-state index in [4.69, 9.17) is 5.11 Å². The summed E-state index contributed by atoms with van der Waals surface area (Å²) in [4.78, 5) is 22.6. The van der Waals surface area contributed by atoms with Gasteiger partial charge in [-0.05, 0) is 25.0 Å². The topological polar surface area (TPSA) is 101 Å². The predicted octanol–water partition coefficient (Wildman–Crippen LogP) is 0.873. The Bertz CT molecular complexity index is 678. The first-order valence-corrected chi connectivity index (χ1v) is 7.16. The third-order valence-electron chi connectivity index (χ3n) is 3.12. The van der Waals surface area contributed by atoms with E-state index in [9.17, 15) is 18.0 Å². The molecule has 0 fully saturated rings. The summed E-state index contributed by atoms with van der Waals surface area (Å²) in [7, 11) is -3.97. The molecule has 1 aliphatic rings. The summed E-state index contributed by atoms with van der Waals surface area (Å²) in [6.45, 7) is 3.30. The van der Waals surface area contributed by atoms with Crippen LogP contribution in [0.4, 0.5) is 5.69 Å². The van der Waals surface area contributed by atoms with E-state index in [1.807, 2.05) is 0 Å². The number of amides is 1. The summed E-state index contributed by atoms with van der Waals surface area (Å²) in [6, 6.07) is 3.35. The number of carbonyl (C=O) groups excluding carboxylic acids is 1. The van der Waals surface area contributed by atoms with Crippen LogP contribution in [0.1, 0.15) is 17.5 Å². The second-order valence-electron chi connectivity index (χ2n) is 4.52. The van der Waals surface area contributed by atoms with Crippen molar-refractivity contribution in [2.75, 3.05) is 5.32 Å². The molecule has 1 atom stereocenters. The number of benzene rings is 1. The van der Waals surface area contributed by atoms with Crippen molar-refractivity contribution in [1.29, 1.82) is 0 Å². The Morgan fingerprint density at radius 3 is 2.47 bits per heavy atom. The van der Waals surface area contributed by atoms with Crippen LogP contribution < -0.4 is 5.32 Å². The van der Waals surface area contributed by atoms with Crippen molar-refractivity contribution in [3.05, 3.63) is 23.3 Å². The molecule has 0 aliphatic carbocycles. The lowest BCUT2D eigenvalue weighted by molar-refractivity contribution is -0.138. The number of sulfone groups is 1. The third-order valence-corrected chi connectivity index (χ3v) is 5.35. The SMILES string of the molecule is Cc1ccc(C)c2c1NC(=O)C(CC(=O)O)S2(=O)=O. The summed E-state index contributed by atoms with van der Waals surface area (Å²) in [5, 5.41) is 9.67. The van der Waals surface area contributed by atoms with Crippen LogP contribution in [-0.2, 0) is 19.4 Å². The zero-order valence-electron chi connectivity index (χ0n) is 10.4. The van der Waals surface area contributed by atoms with E-state index in [2.05, 4.69) is 5.32 Å². The van der Waals surface area contributed by atoms with Crippen molar-refractivity contribution in [3.8, 4) is 0 Å². The van der Waals surface area contributed by atoms with Crippen LogP contribution in [0.15, 0.2) is 17.0 Å². The summed E-state index contributed by atoms with van der Waals surface area (Å²) in [6.07, 6.45) is -0.735. The minimum Gasteiger partial charge on any atom is -0.481 e. The number of aryl methyl sites for hydroxylation is 2. The summed E-state index contributed by atoms with van der Waals surface area (Å²) < 4.78 is 24.8. The third kappa shape index (κ3) is 2.10. The number of fused-ring (bicyclic) bond motifs is 1. The van der Waals surface area contributed by atoms with Crippen LogP contribution in [0.25, 0.3) is 0 Å². The Hall–Kier alpha value is -1.89. The molecule has 6 nitrogen and oxygen atoms in total. The van der Waals surface area contributed by atoms with Gasteiger partial charge in [0.15, 0.2) is 15.1 Å². The van der Waals surface area contributed by atoms with Gasteiger partial charge in [-0.25, -0.2) is 8.42 Å². The van der Waals surface area contributed by atoms with Gasteiger partial charge in [-0.2, -0.15) is 0 Å². The number of carbonyl (C=O) groups is 2.